The Bertz CT molecular complexity index is 2570. The maximum Gasteiger partial charge on any atom is 0.329 e. The van der Waals surface area contributed by atoms with E-state index in [0.29, 0.717) is 23.4 Å². The minimum Gasteiger partial charge on any atom is -0.387 e. The molecule has 3 fully saturated rings. The number of benzene rings is 1. The number of fused-ring (bicyclic) bond motifs is 2. The van der Waals surface area contributed by atoms with E-state index in [0.717, 1.165) is 102 Å². The van der Waals surface area contributed by atoms with Crippen molar-refractivity contribution in [2.75, 3.05) is 68.0 Å². The molecule has 2 amide bonds. The summed E-state index contributed by atoms with van der Waals surface area (Å²) in [5, 5.41) is 30.2. The molecule has 0 radical (unpaired) electrons. The Balaban J connectivity index is 0.818. The number of piperidine rings is 1. The van der Waals surface area contributed by atoms with Crippen molar-refractivity contribution in [2.24, 2.45) is 13.0 Å². The number of hydrogen-bond acceptors (Lipinski definition) is 13. The summed E-state index contributed by atoms with van der Waals surface area (Å²) in [4.78, 5) is 49.6. The van der Waals surface area contributed by atoms with Crippen LogP contribution in [0.3, 0.4) is 0 Å². The first-order valence-corrected chi connectivity index (χ1v) is 19.3. The van der Waals surface area contributed by atoms with Gasteiger partial charge in [-0.3, -0.25) is 33.9 Å². The monoisotopic (exact) mass is 757 g/mol. The number of hydrogen-bond donors (Lipinski definition) is 2. The topological polar surface area (TPSA) is 175 Å². The molecule has 8 heterocycles. The van der Waals surface area contributed by atoms with Gasteiger partial charge in [-0.05, 0) is 61.2 Å². The van der Waals surface area contributed by atoms with Gasteiger partial charge >= 0.3 is 5.69 Å². The second kappa shape index (κ2) is 13.9. The van der Waals surface area contributed by atoms with Crippen molar-refractivity contribution in [3.05, 3.63) is 70.9 Å². The van der Waals surface area contributed by atoms with E-state index < -0.39 is 11.9 Å². The molecule has 0 saturated carbocycles. The summed E-state index contributed by atoms with van der Waals surface area (Å²) < 4.78 is 4.91. The van der Waals surface area contributed by atoms with Crippen molar-refractivity contribution in [1.29, 1.82) is 5.26 Å². The summed E-state index contributed by atoms with van der Waals surface area (Å²) in [6.45, 7) is 6.54. The Morgan fingerprint density at radius 1 is 0.964 bits per heavy atom. The van der Waals surface area contributed by atoms with Crippen LogP contribution in [0.5, 0.6) is 0 Å². The fourth-order valence-electron chi connectivity index (χ4n) is 8.16. The first-order chi connectivity index (χ1) is 26.8. The molecule has 17 heteroatoms. The molecule has 280 valence electrons. The number of amides is 2. The molecular weight excluding hydrogens is 719 g/mol. The van der Waals surface area contributed by atoms with Crippen LogP contribution in [-0.4, -0.2) is 104 Å². The zero-order valence-electron chi connectivity index (χ0n) is 30.5. The zero-order valence-corrected chi connectivity index (χ0v) is 31.3. The van der Waals surface area contributed by atoms with Gasteiger partial charge in [0.15, 0.2) is 5.01 Å². The molecule has 3 saturated heterocycles. The minimum absolute atomic E-state index is 0.218. The van der Waals surface area contributed by atoms with Crippen LogP contribution in [0.4, 0.5) is 16.5 Å². The van der Waals surface area contributed by atoms with Gasteiger partial charge in [0.1, 0.15) is 12.1 Å². The predicted molar refractivity (Wildman–Crippen MR) is 209 cm³/mol. The number of aryl methyl sites for hydroxylation is 1. The molecule has 2 N–H and O–H groups in total. The molecule has 3 aliphatic heterocycles. The van der Waals surface area contributed by atoms with Gasteiger partial charge in [0, 0.05) is 83.9 Å². The molecule has 3 aliphatic rings. The van der Waals surface area contributed by atoms with Crippen LogP contribution in [0.25, 0.3) is 38.5 Å². The van der Waals surface area contributed by atoms with Gasteiger partial charge in [0.25, 0.3) is 0 Å². The maximum absolute atomic E-state index is 13.2. The summed E-state index contributed by atoms with van der Waals surface area (Å²) in [5.74, 6) is -0.195. The minimum atomic E-state index is -0.691. The van der Waals surface area contributed by atoms with Crippen LogP contribution in [-0.2, 0) is 16.6 Å². The van der Waals surface area contributed by atoms with Crippen LogP contribution in [0.2, 0.25) is 0 Å². The highest BCUT2D eigenvalue weighted by Gasteiger charge is 2.32. The molecule has 1 aromatic carbocycles. The van der Waals surface area contributed by atoms with Crippen molar-refractivity contribution in [2.45, 2.75) is 25.3 Å². The largest absolute Gasteiger partial charge is 0.387 e. The summed E-state index contributed by atoms with van der Waals surface area (Å²) in [5.41, 5.74) is 7.00. The van der Waals surface area contributed by atoms with E-state index >= 15 is 0 Å². The molecular formula is C38H39N13O3S. The molecule has 0 spiro atoms. The fourth-order valence-corrected chi connectivity index (χ4v) is 9.08. The number of pyridine rings is 1. The second-order valence-corrected chi connectivity index (χ2v) is 15.4. The van der Waals surface area contributed by atoms with Crippen LogP contribution >= 0.6 is 11.3 Å². The third-order valence-electron chi connectivity index (χ3n) is 11.1. The Morgan fingerprint density at radius 2 is 1.82 bits per heavy atom. The van der Waals surface area contributed by atoms with Crippen LogP contribution < -0.4 is 26.1 Å². The molecule has 2 atom stereocenters. The van der Waals surface area contributed by atoms with Crippen molar-refractivity contribution < 1.29 is 9.59 Å². The lowest BCUT2D eigenvalue weighted by molar-refractivity contribution is -0.135. The van der Waals surface area contributed by atoms with Gasteiger partial charge in [0.2, 0.25) is 16.9 Å². The first-order valence-electron chi connectivity index (χ1n) is 18.4. The lowest BCUT2D eigenvalue weighted by atomic mass is 10.1. The van der Waals surface area contributed by atoms with Crippen molar-refractivity contribution in [1.82, 2.24) is 44.1 Å². The number of aromatic nitrogens is 7. The molecule has 9 rings (SSSR count). The highest BCUT2D eigenvalue weighted by atomic mass is 32.1. The fraction of sp³-hybridized carbons (Fsp3) is 0.368. The molecule has 5 aromatic heterocycles. The number of piperazine rings is 1. The summed E-state index contributed by atoms with van der Waals surface area (Å²) in [6.07, 6.45) is 5.01. The van der Waals surface area contributed by atoms with Crippen LogP contribution in [0, 0.1) is 17.2 Å². The Labute approximate surface area is 319 Å². The van der Waals surface area contributed by atoms with Crippen molar-refractivity contribution in [3.63, 3.8) is 0 Å². The normalized spacial score (nSPS) is 19.4. The van der Waals surface area contributed by atoms with Gasteiger partial charge in [-0.2, -0.15) is 10.4 Å². The predicted octanol–water partition coefficient (Wildman–Crippen LogP) is 3.11. The average Bonchev–Trinajstić information content (AvgIpc) is 4.02. The average molecular weight is 758 g/mol. The van der Waals surface area contributed by atoms with Crippen LogP contribution in [0.15, 0.2) is 59.7 Å². The highest BCUT2D eigenvalue weighted by molar-refractivity contribution is 7.18. The van der Waals surface area contributed by atoms with E-state index in [2.05, 4.69) is 52.8 Å². The number of anilines is 3. The van der Waals surface area contributed by atoms with Gasteiger partial charge in [0.05, 0.1) is 45.3 Å². The molecule has 16 nitrogen and oxygen atoms in total. The third kappa shape index (κ3) is 6.26. The number of nitrogens with zero attached hydrogens (tertiary/aromatic N) is 11. The van der Waals surface area contributed by atoms with E-state index in [1.807, 2.05) is 43.6 Å². The quantitative estimate of drug-likeness (QED) is 0.218. The van der Waals surface area contributed by atoms with Crippen molar-refractivity contribution >= 4 is 56.2 Å². The smallest absolute Gasteiger partial charge is 0.329 e. The number of carbonyl (C=O) groups is 2. The number of carbonyl (C=O) groups excluding carboxylic acids is 2. The van der Waals surface area contributed by atoms with Gasteiger partial charge in [-0.25, -0.2) is 9.31 Å². The van der Waals surface area contributed by atoms with E-state index in [1.54, 1.807) is 39.7 Å². The van der Waals surface area contributed by atoms with Gasteiger partial charge in [-0.15, -0.1) is 10.2 Å². The lowest BCUT2D eigenvalue weighted by Gasteiger charge is -2.35. The number of nitriles is 1. The third-order valence-corrected chi connectivity index (χ3v) is 12.1. The Morgan fingerprint density at radius 3 is 2.62 bits per heavy atom. The number of imide groups is 1. The standard InChI is InChI=1S/C38H39N13O3S/c1-40-28-17-29(30-5-4-26-15-24(18-39)19-42-51(26)30)41-20-27(28)36-44-45-37(55-36)48-13-11-47(12-14-48)21-23-9-10-49(22-23)25-3-6-31-33(16-25)46(2)38(54)50(31)32-7-8-34(52)43-35(32)53/h3-6,15-17,19-20,23,32H,7-14,21-22H2,1-2H3,(H,40,41)(H,43,52,53)/t23-,32?/m1/s1. The summed E-state index contributed by atoms with van der Waals surface area (Å²) in [7, 11) is 3.62. The lowest BCUT2D eigenvalue weighted by Crippen LogP contribution is -2.48. The number of nitrogens with one attached hydrogen (secondary N) is 2. The highest BCUT2D eigenvalue weighted by Crippen LogP contribution is 2.36. The van der Waals surface area contributed by atoms with Gasteiger partial charge < -0.3 is 15.1 Å². The Hall–Kier alpha value is -6.12. The number of imidazole rings is 1. The zero-order chi connectivity index (χ0) is 37.8. The number of rotatable bonds is 8. The van der Waals surface area contributed by atoms with E-state index in [9.17, 15) is 19.6 Å². The maximum atomic E-state index is 13.2. The SMILES string of the molecule is CNc1cc(-c2ccc3cc(C#N)cnn23)ncc1-c1nnc(N2CCN(C[C@H]3CCN(c4ccc5c(c4)n(C)c(=O)n5C4CCC(=O)NC4=O)C3)CC2)s1. The molecule has 0 bridgehead atoms. The van der Waals surface area contributed by atoms with Crippen LogP contribution in [0.1, 0.15) is 30.9 Å². The van der Waals surface area contributed by atoms with E-state index in [1.165, 1.54) is 4.57 Å². The molecule has 1 unspecified atom stereocenters. The molecule has 55 heavy (non-hydrogen) atoms. The Kier molecular flexibility index (Phi) is 8.78. The first kappa shape index (κ1) is 34.6. The van der Waals surface area contributed by atoms with Crippen molar-refractivity contribution in [3.8, 4) is 28.0 Å². The van der Waals surface area contributed by atoms with Gasteiger partial charge in [-0.1, -0.05) is 11.3 Å². The molecule has 0 aliphatic carbocycles. The summed E-state index contributed by atoms with van der Waals surface area (Å²) >= 11 is 1.57. The van der Waals surface area contributed by atoms with E-state index in [4.69, 9.17) is 4.98 Å². The summed E-state index contributed by atoms with van der Waals surface area (Å²) in [6, 6.07) is 15.1. The molecule has 6 aromatic rings. The van der Waals surface area contributed by atoms with E-state index in [-0.39, 0.29) is 18.0 Å². The second-order valence-electron chi connectivity index (χ2n) is 14.4.